The zero-order valence-corrected chi connectivity index (χ0v) is 19.3. The fourth-order valence-corrected chi connectivity index (χ4v) is 4.38. The minimum Gasteiger partial charge on any atom is -0.478 e. The highest BCUT2D eigenvalue weighted by atomic mass is 32.1. The van der Waals surface area contributed by atoms with E-state index >= 15 is 0 Å². The first-order valence-corrected chi connectivity index (χ1v) is 11.7. The molecule has 1 aliphatic rings. The van der Waals surface area contributed by atoms with Gasteiger partial charge in [0.1, 0.15) is 17.3 Å². The van der Waals surface area contributed by atoms with E-state index in [0.717, 1.165) is 21.8 Å². The predicted octanol–water partition coefficient (Wildman–Crippen LogP) is 4.75. The zero-order valence-electron chi connectivity index (χ0n) is 18.5. The second-order valence-corrected chi connectivity index (χ2v) is 9.08. The number of hydrogen-bond acceptors (Lipinski definition) is 5. The number of thiazole rings is 1. The number of carbonyl (C=O) groups excluding carboxylic acids is 2. The Labute approximate surface area is 192 Å². The maximum atomic E-state index is 13.0. The fraction of sp³-hybridized carbons (Fsp3) is 0.320. The molecule has 1 aromatic heterocycles. The molecule has 166 valence electrons. The summed E-state index contributed by atoms with van der Waals surface area (Å²) in [5.74, 6) is 0.570. The van der Waals surface area contributed by atoms with E-state index in [1.54, 1.807) is 11.3 Å². The molecule has 2 amide bonds. The van der Waals surface area contributed by atoms with Gasteiger partial charge in [-0.2, -0.15) is 0 Å². The summed E-state index contributed by atoms with van der Waals surface area (Å²) < 4.78 is 5.93. The first-order valence-electron chi connectivity index (χ1n) is 10.9. The number of anilines is 1. The first-order chi connectivity index (χ1) is 15.5. The van der Waals surface area contributed by atoms with Gasteiger partial charge in [0.15, 0.2) is 6.10 Å². The van der Waals surface area contributed by atoms with Crippen LogP contribution in [-0.4, -0.2) is 36.0 Å². The monoisotopic (exact) mass is 449 g/mol. The molecule has 0 saturated carbocycles. The molecule has 0 aliphatic carbocycles. The van der Waals surface area contributed by atoms with E-state index in [1.165, 1.54) is 4.90 Å². The van der Waals surface area contributed by atoms with Crippen LogP contribution < -0.4 is 15.0 Å². The van der Waals surface area contributed by atoms with Gasteiger partial charge in [0, 0.05) is 23.1 Å². The highest BCUT2D eigenvalue weighted by Crippen LogP contribution is 2.39. The van der Waals surface area contributed by atoms with Gasteiger partial charge in [0.2, 0.25) is 5.91 Å². The van der Waals surface area contributed by atoms with Gasteiger partial charge < -0.3 is 10.1 Å². The lowest BCUT2D eigenvalue weighted by Crippen LogP contribution is -2.49. The van der Waals surface area contributed by atoms with Gasteiger partial charge in [-0.3, -0.25) is 14.5 Å². The standard InChI is InChI=1S/C25H27N3O3S/c1-4-21-25(30)28(14-23(29)26-13-16(2)3)20-12-18(10-11-22(20)31-21)19-15-32-24(27-19)17-8-6-5-7-9-17/h5-12,15-16,21H,4,13-14H2,1-3H3,(H,26,29). The van der Waals surface area contributed by atoms with Crippen molar-refractivity contribution in [3.05, 3.63) is 53.9 Å². The molecule has 2 aromatic carbocycles. The fourth-order valence-electron chi connectivity index (χ4n) is 3.54. The minimum absolute atomic E-state index is 0.0335. The van der Waals surface area contributed by atoms with Crippen LogP contribution in [0.1, 0.15) is 27.2 Å². The van der Waals surface area contributed by atoms with Crippen molar-refractivity contribution in [2.45, 2.75) is 33.3 Å². The minimum atomic E-state index is -0.588. The molecular weight excluding hydrogens is 422 g/mol. The largest absolute Gasteiger partial charge is 0.478 e. The van der Waals surface area contributed by atoms with Crippen LogP contribution in [0.3, 0.4) is 0 Å². The number of carbonyl (C=O) groups is 2. The normalized spacial score (nSPS) is 15.4. The Morgan fingerprint density at radius 2 is 1.97 bits per heavy atom. The van der Waals surface area contributed by atoms with Crippen LogP contribution in [0.25, 0.3) is 21.8 Å². The highest BCUT2D eigenvalue weighted by molar-refractivity contribution is 7.13. The molecule has 2 heterocycles. The number of hydrogen-bond donors (Lipinski definition) is 1. The van der Waals surface area contributed by atoms with E-state index in [0.29, 0.717) is 30.3 Å². The predicted molar refractivity (Wildman–Crippen MR) is 128 cm³/mol. The van der Waals surface area contributed by atoms with Crippen LogP contribution in [0, 0.1) is 5.92 Å². The molecule has 0 bridgehead atoms. The molecule has 4 rings (SSSR count). The molecule has 7 heteroatoms. The van der Waals surface area contributed by atoms with Crippen LogP contribution in [0.4, 0.5) is 5.69 Å². The third-order valence-electron chi connectivity index (χ3n) is 5.26. The van der Waals surface area contributed by atoms with Gasteiger partial charge in [-0.1, -0.05) is 51.1 Å². The van der Waals surface area contributed by atoms with E-state index in [4.69, 9.17) is 9.72 Å². The lowest BCUT2D eigenvalue weighted by atomic mass is 10.1. The maximum absolute atomic E-state index is 13.0. The number of fused-ring (bicyclic) bond motifs is 1. The number of nitrogens with zero attached hydrogens (tertiary/aromatic N) is 2. The van der Waals surface area contributed by atoms with Crippen LogP contribution in [0.15, 0.2) is 53.9 Å². The van der Waals surface area contributed by atoms with E-state index < -0.39 is 6.10 Å². The van der Waals surface area contributed by atoms with Crippen LogP contribution in [0.5, 0.6) is 5.75 Å². The molecule has 1 N–H and O–H groups in total. The van der Waals surface area contributed by atoms with E-state index in [-0.39, 0.29) is 18.4 Å². The van der Waals surface area contributed by atoms with Gasteiger partial charge in [-0.05, 0) is 30.5 Å². The number of amides is 2. The van der Waals surface area contributed by atoms with Crippen molar-refractivity contribution in [1.82, 2.24) is 10.3 Å². The number of ether oxygens (including phenoxy) is 1. The molecule has 0 fully saturated rings. The summed E-state index contributed by atoms with van der Waals surface area (Å²) in [4.78, 5) is 31.9. The Morgan fingerprint density at radius 3 is 2.69 bits per heavy atom. The molecule has 1 aliphatic heterocycles. The molecular formula is C25H27N3O3S. The Hall–Kier alpha value is -3.19. The van der Waals surface area contributed by atoms with Crippen molar-refractivity contribution in [3.63, 3.8) is 0 Å². The van der Waals surface area contributed by atoms with Gasteiger partial charge in [0.25, 0.3) is 5.91 Å². The SMILES string of the molecule is CCC1Oc2ccc(-c3csc(-c4ccccc4)n3)cc2N(CC(=O)NCC(C)C)C1=O. The highest BCUT2D eigenvalue weighted by Gasteiger charge is 2.34. The quantitative estimate of drug-likeness (QED) is 0.565. The first kappa shape index (κ1) is 22.0. The molecule has 6 nitrogen and oxygen atoms in total. The topological polar surface area (TPSA) is 71.5 Å². The van der Waals surface area contributed by atoms with Gasteiger partial charge in [-0.15, -0.1) is 11.3 Å². The van der Waals surface area contributed by atoms with E-state index in [2.05, 4.69) is 5.32 Å². The van der Waals surface area contributed by atoms with Crippen LogP contribution >= 0.6 is 11.3 Å². The number of nitrogens with one attached hydrogen (secondary N) is 1. The Kier molecular flexibility index (Phi) is 6.55. The van der Waals surface area contributed by atoms with Gasteiger partial charge >= 0.3 is 0 Å². The van der Waals surface area contributed by atoms with E-state index in [1.807, 2.05) is 74.7 Å². The molecule has 1 atom stereocenters. The number of aromatic nitrogens is 1. The second-order valence-electron chi connectivity index (χ2n) is 8.22. The van der Waals surface area contributed by atoms with Crippen LogP contribution in [-0.2, 0) is 9.59 Å². The van der Waals surface area contributed by atoms with Crippen molar-refractivity contribution in [3.8, 4) is 27.6 Å². The summed E-state index contributed by atoms with van der Waals surface area (Å²) in [7, 11) is 0. The molecule has 32 heavy (non-hydrogen) atoms. The van der Waals surface area contributed by atoms with Crippen molar-refractivity contribution in [1.29, 1.82) is 0 Å². The number of benzene rings is 2. The Morgan fingerprint density at radius 1 is 1.19 bits per heavy atom. The van der Waals surface area contributed by atoms with Crippen molar-refractivity contribution >= 4 is 28.8 Å². The Bertz CT molecular complexity index is 1110. The number of rotatable bonds is 7. The van der Waals surface area contributed by atoms with Crippen molar-refractivity contribution < 1.29 is 14.3 Å². The second kappa shape index (κ2) is 9.53. The average Bonchev–Trinajstić information content (AvgIpc) is 3.30. The summed E-state index contributed by atoms with van der Waals surface area (Å²) in [6.45, 7) is 6.51. The molecule has 1 unspecified atom stereocenters. The maximum Gasteiger partial charge on any atom is 0.268 e. The van der Waals surface area contributed by atoms with Crippen LogP contribution in [0.2, 0.25) is 0 Å². The molecule has 0 saturated heterocycles. The lowest BCUT2D eigenvalue weighted by molar-refractivity contribution is -0.129. The van der Waals surface area contributed by atoms with Crippen molar-refractivity contribution in [2.75, 3.05) is 18.0 Å². The molecule has 0 radical (unpaired) electrons. The summed E-state index contributed by atoms with van der Waals surface area (Å²) in [6.07, 6.45) is -0.0494. The molecule has 0 spiro atoms. The van der Waals surface area contributed by atoms with E-state index in [9.17, 15) is 9.59 Å². The Balaban J connectivity index is 1.64. The third-order valence-corrected chi connectivity index (χ3v) is 6.15. The van der Waals surface area contributed by atoms with Gasteiger partial charge in [0.05, 0.1) is 11.4 Å². The summed E-state index contributed by atoms with van der Waals surface area (Å²) >= 11 is 1.57. The zero-order chi connectivity index (χ0) is 22.7. The summed E-state index contributed by atoms with van der Waals surface area (Å²) in [6, 6.07) is 15.7. The average molecular weight is 450 g/mol. The van der Waals surface area contributed by atoms with Crippen molar-refractivity contribution in [2.24, 2.45) is 5.92 Å². The lowest BCUT2D eigenvalue weighted by Gasteiger charge is -2.34. The molecule has 3 aromatic rings. The third kappa shape index (κ3) is 4.67. The summed E-state index contributed by atoms with van der Waals surface area (Å²) in [5, 5.41) is 5.83. The smallest absolute Gasteiger partial charge is 0.268 e. The summed E-state index contributed by atoms with van der Waals surface area (Å²) in [5.41, 5.74) is 3.37. The van der Waals surface area contributed by atoms with Gasteiger partial charge in [-0.25, -0.2) is 4.98 Å².